The van der Waals surface area contributed by atoms with Gasteiger partial charge >= 0.3 is 5.97 Å². The third kappa shape index (κ3) is 2.24. The first-order valence-corrected chi connectivity index (χ1v) is 6.18. The van der Waals surface area contributed by atoms with Gasteiger partial charge in [-0.1, -0.05) is 12.8 Å². The largest absolute Gasteiger partial charge is 0.478 e. The second-order valence-electron chi connectivity index (χ2n) is 3.94. The van der Waals surface area contributed by atoms with Gasteiger partial charge < -0.3 is 10.4 Å². The monoisotopic (exact) mass is 239 g/mol. The molecule has 16 heavy (non-hydrogen) atoms. The highest BCUT2D eigenvalue weighted by Gasteiger charge is 2.24. The molecule has 0 saturated heterocycles. The third-order valence-electron chi connectivity index (χ3n) is 2.86. The van der Waals surface area contributed by atoms with Crippen molar-refractivity contribution in [2.75, 3.05) is 5.32 Å². The molecule has 1 aromatic rings. The van der Waals surface area contributed by atoms with Gasteiger partial charge in [0.2, 0.25) is 5.91 Å². The van der Waals surface area contributed by atoms with E-state index >= 15 is 0 Å². The molecule has 1 aliphatic carbocycles. The summed E-state index contributed by atoms with van der Waals surface area (Å²) in [5, 5.41) is 13.7. The number of anilines is 1. The van der Waals surface area contributed by atoms with Crippen LogP contribution in [0.25, 0.3) is 0 Å². The van der Waals surface area contributed by atoms with E-state index < -0.39 is 5.97 Å². The lowest BCUT2D eigenvalue weighted by Crippen LogP contribution is -2.20. The van der Waals surface area contributed by atoms with Crippen LogP contribution in [0.5, 0.6) is 0 Å². The molecule has 1 aromatic heterocycles. The summed E-state index contributed by atoms with van der Waals surface area (Å²) in [5.41, 5.74) is 0.177. The van der Waals surface area contributed by atoms with Crippen LogP contribution < -0.4 is 5.32 Å². The normalized spacial score (nSPS) is 16.2. The molecule has 0 radical (unpaired) electrons. The first kappa shape index (κ1) is 11.1. The lowest BCUT2D eigenvalue weighted by molar-refractivity contribution is -0.119. The summed E-state index contributed by atoms with van der Waals surface area (Å²) in [6, 6.07) is 1.51. The van der Waals surface area contributed by atoms with Gasteiger partial charge in [0, 0.05) is 5.92 Å². The molecule has 86 valence electrons. The molecule has 0 bridgehead atoms. The van der Waals surface area contributed by atoms with E-state index in [2.05, 4.69) is 5.32 Å². The summed E-state index contributed by atoms with van der Waals surface area (Å²) < 4.78 is 0. The minimum absolute atomic E-state index is 0.0394. The molecular formula is C11H13NO3S. The summed E-state index contributed by atoms with van der Waals surface area (Å²) in [6.07, 6.45) is 4.02. The fraction of sp³-hybridized carbons (Fsp3) is 0.455. The highest BCUT2D eigenvalue weighted by Crippen LogP contribution is 2.28. The lowest BCUT2D eigenvalue weighted by Gasteiger charge is -2.09. The number of carbonyl (C=O) groups is 2. The van der Waals surface area contributed by atoms with E-state index in [-0.39, 0.29) is 17.4 Å². The van der Waals surface area contributed by atoms with Crippen molar-refractivity contribution in [2.24, 2.45) is 5.92 Å². The minimum atomic E-state index is -0.997. The molecule has 1 saturated carbocycles. The number of carboxylic acids is 1. The van der Waals surface area contributed by atoms with E-state index in [9.17, 15) is 9.59 Å². The maximum atomic E-state index is 11.8. The van der Waals surface area contributed by atoms with Crippen molar-refractivity contribution in [2.45, 2.75) is 25.7 Å². The second kappa shape index (κ2) is 4.65. The van der Waals surface area contributed by atoms with E-state index in [0.717, 1.165) is 25.7 Å². The molecule has 1 fully saturated rings. The molecule has 0 spiro atoms. The fourth-order valence-electron chi connectivity index (χ4n) is 1.98. The molecule has 5 heteroatoms. The Morgan fingerprint density at radius 1 is 1.38 bits per heavy atom. The number of aromatic carboxylic acids is 1. The molecule has 1 aliphatic rings. The summed E-state index contributed by atoms with van der Waals surface area (Å²) in [6.45, 7) is 0. The SMILES string of the molecule is O=C(O)c1ccsc1NC(=O)C1CCCC1. The number of carbonyl (C=O) groups excluding carboxylic acids is 1. The molecule has 2 rings (SSSR count). The van der Waals surface area contributed by atoms with E-state index in [1.165, 1.54) is 17.4 Å². The molecule has 1 heterocycles. The van der Waals surface area contributed by atoms with Crippen LogP contribution in [0.1, 0.15) is 36.0 Å². The molecule has 0 atom stereocenters. The molecule has 0 aromatic carbocycles. The number of nitrogens with one attached hydrogen (secondary N) is 1. The summed E-state index contributed by atoms with van der Waals surface area (Å²) in [4.78, 5) is 22.6. The Morgan fingerprint density at radius 3 is 2.69 bits per heavy atom. The van der Waals surface area contributed by atoms with Gasteiger partial charge in [-0.25, -0.2) is 4.79 Å². The standard InChI is InChI=1S/C11H13NO3S/c13-9(7-3-1-2-4-7)12-10-8(11(14)15)5-6-16-10/h5-7H,1-4H2,(H,12,13)(H,14,15). The maximum Gasteiger partial charge on any atom is 0.338 e. The van der Waals surface area contributed by atoms with Crippen molar-refractivity contribution in [3.8, 4) is 0 Å². The van der Waals surface area contributed by atoms with E-state index in [1.807, 2.05) is 0 Å². The minimum Gasteiger partial charge on any atom is -0.478 e. The Labute approximate surface area is 97.3 Å². The van der Waals surface area contributed by atoms with Gasteiger partial charge in [-0.2, -0.15) is 0 Å². The number of hydrogen-bond acceptors (Lipinski definition) is 3. The topological polar surface area (TPSA) is 66.4 Å². The van der Waals surface area contributed by atoms with Gasteiger partial charge in [-0.15, -0.1) is 11.3 Å². The number of thiophene rings is 1. The van der Waals surface area contributed by atoms with Crippen LogP contribution >= 0.6 is 11.3 Å². The third-order valence-corrected chi connectivity index (χ3v) is 3.69. The molecule has 0 unspecified atom stereocenters. The Balaban J connectivity index is 2.05. The molecular weight excluding hydrogens is 226 g/mol. The van der Waals surface area contributed by atoms with Crippen LogP contribution in [0.2, 0.25) is 0 Å². The van der Waals surface area contributed by atoms with Crippen LogP contribution in [-0.2, 0) is 4.79 Å². The summed E-state index contributed by atoms with van der Waals surface area (Å²) in [5.74, 6) is -0.978. The van der Waals surface area contributed by atoms with Gasteiger partial charge in [0.25, 0.3) is 0 Å². The predicted molar refractivity (Wildman–Crippen MR) is 61.9 cm³/mol. The smallest absolute Gasteiger partial charge is 0.338 e. The van der Waals surface area contributed by atoms with E-state index in [1.54, 1.807) is 5.38 Å². The van der Waals surface area contributed by atoms with E-state index in [0.29, 0.717) is 5.00 Å². The zero-order valence-electron chi connectivity index (χ0n) is 8.73. The number of rotatable bonds is 3. The Bertz CT molecular complexity index is 407. The van der Waals surface area contributed by atoms with Crippen LogP contribution in [-0.4, -0.2) is 17.0 Å². The van der Waals surface area contributed by atoms with Crippen molar-refractivity contribution < 1.29 is 14.7 Å². The quantitative estimate of drug-likeness (QED) is 0.852. The number of amides is 1. The average molecular weight is 239 g/mol. The van der Waals surface area contributed by atoms with Crippen molar-refractivity contribution in [1.82, 2.24) is 0 Å². The number of carboxylic acid groups (broad SMARTS) is 1. The maximum absolute atomic E-state index is 11.8. The van der Waals surface area contributed by atoms with Crippen LogP contribution in [0.4, 0.5) is 5.00 Å². The Kier molecular flexibility index (Phi) is 3.24. The number of hydrogen-bond donors (Lipinski definition) is 2. The summed E-state index contributed by atoms with van der Waals surface area (Å²) in [7, 11) is 0. The van der Waals surface area contributed by atoms with Crippen molar-refractivity contribution in [1.29, 1.82) is 0 Å². The second-order valence-corrected chi connectivity index (χ2v) is 4.86. The van der Waals surface area contributed by atoms with Gasteiger partial charge in [-0.05, 0) is 24.3 Å². The Morgan fingerprint density at radius 2 is 2.06 bits per heavy atom. The zero-order chi connectivity index (χ0) is 11.5. The highest BCUT2D eigenvalue weighted by molar-refractivity contribution is 7.14. The predicted octanol–water partition coefficient (Wildman–Crippen LogP) is 2.58. The van der Waals surface area contributed by atoms with Gasteiger partial charge in [0.1, 0.15) is 5.00 Å². The fourth-order valence-corrected chi connectivity index (χ4v) is 2.76. The van der Waals surface area contributed by atoms with E-state index in [4.69, 9.17) is 5.11 Å². The molecule has 1 amide bonds. The first-order valence-electron chi connectivity index (χ1n) is 5.30. The average Bonchev–Trinajstić information content (AvgIpc) is 2.86. The van der Waals surface area contributed by atoms with Crippen molar-refractivity contribution >= 4 is 28.2 Å². The molecule has 0 aliphatic heterocycles. The van der Waals surface area contributed by atoms with Crippen LogP contribution in [0.15, 0.2) is 11.4 Å². The van der Waals surface area contributed by atoms with Gasteiger partial charge in [0.15, 0.2) is 0 Å². The molecule has 4 nitrogen and oxygen atoms in total. The lowest BCUT2D eigenvalue weighted by atomic mass is 10.1. The highest BCUT2D eigenvalue weighted by atomic mass is 32.1. The van der Waals surface area contributed by atoms with Gasteiger partial charge in [0.05, 0.1) is 5.56 Å². The zero-order valence-corrected chi connectivity index (χ0v) is 9.55. The molecule has 2 N–H and O–H groups in total. The van der Waals surface area contributed by atoms with Crippen molar-refractivity contribution in [3.05, 3.63) is 17.0 Å². The first-order chi connectivity index (χ1) is 7.68. The van der Waals surface area contributed by atoms with Crippen molar-refractivity contribution in [3.63, 3.8) is 0 Å². The van der Waals surface area contributed by atoms with Crippen LogP contribution in [0, 0.1) is 5.92 Å². The summed E-state index contributed by atoms with van der Waals surface area (Å²) >= 11 is 1.25. The van der Waals surface area contributed by atoms with Gasteiger partial charge in [-0.3, -0.25) is 4.79 Å². The Hall–Kier alpha value is -1.36. The van der Waals surface area contributed by atoms with Crippen LogP contribution in [0.3, 0.4) is 0 Å².